The molecular weight excluding hydrogens is 385 g/mol. The van der Waals surface area contributed by atoms with Crippen molar-refractivity contribution < 1.29 is 14.6 Å². The third-order valence-corrected chi connectivity index (χ3v) is 4.47. The van der Waals surface area contributed by atoms with Crippen LogP contribution in [0.1, 0.15) is 18.1 Å². The van der Waals surface area contributed by atoms with Crippen LogP contribution in [-0.4, -0.2) is 24.9 Å². The third kappa shape index (κ3) is 5.66. The number of ether oxygens (including phenoxy) is 2. The Balaban J connectivity index is 2.15. The predicted octanol–water partition coefficient (Wildman–Crippen LogP) is 4.70. The van der Waals surface area contributed by atoms with E-state index in [9.17, 15) is 5.11 Å². The molecule has 0 bridgehead atoms. The monoisotopic (exact) mass is 403 g/mol. The Morgan fingerprint density at radius 2 is 1.80 bits per heavy atom. The highest BCUT2D eigenvalue weighted by Crippen LogP contribution is 2.38. The van der Waals surface area contributed by atoms with E-state index in [1.165, 1.54) is 0 Å². The molecule has 1 atom stereocenters. The zero-order chi connectivity index (χ0) is 18.4. The summed E-state index contributed by atoms with van der Waals surface area (Å²) < 4.78 is 11.2. The fourth-order valence-corrected chi connectivity index (χ4v) is 3.05. The molecule has 0 aliphatic carbocycles. The van der Waals surface area contributed by atoms with Gasteiger partial charge in [0.2, 0.25) is 0 Å². The molecule has 4 nitrogen and oxygen atoms in total. The SMILES string of the molecule is COc1cc(CNCC(C)O)cc(Cl)c1OCc1c(Cl)cccc1Cl. The first kappa shape index (κ1) is 20.1. The Kier molecular flexibility index (Phi) is 7.66. The predicted molar refractivity (Wildman–Crippen MR) is 102 cm³/mol. The summed E-state index contributed by atoms with van der Waals surface area (Å²) in [5.74, 6) is 0.948. The second kappa shape index (κ2) is 9.51. The molecule has 0 aliphatic rings. The summed E-state index contributed by atoms with van der Waals surface area (Å²) in [7, 11) is 1.55. The van der Waals surface area contributed by atoms with E-state index in [2.05, 4.69) is 5.32 Å². The average molecular weight is 405 g/mol. The quantitative estimate of drug-likeness (QED) is 0.669. The van der Waals surface area contributed by atoms with Crippen LogP contribution in [0.5, 0.6) is 11.5 Å². The maximum Gasteiger partial charge on any atom is 0.180 e. The number of rotatable bonds is 8. The van der Waals surface area contributed by atoms with Crippen LogP contribution in [0, 0.1) is 0 Å². The molecule has 0 heterocycles. The number of aliphatic hydroxyl groups excluding tert-OH is 1. The highest BCUT2D eigenvalue weighted by atomic mass is 35.5. The Hall–Kier alpha value is -1.17. The van der Waals surface area contributed by atoms with Crippen LogP contribution in [0.3, 0.4) is 0 Å². The van der Waals surface area contributed by atoms with Gasteiger partial charge in [0.1, 0.15) is 6.61 Å². The van der Waals surface area contributed by atoms with E-state index in [0.717, 1.165) is 5.56 Å². The Labute approximate surface area is 162 Å². The van der Waals surface area contributed by atoms with Crippen molar-refractivity contribution in [2.75, 3.05) is 13.7 Å². The highest BCUT2D eigenvalue weighted by Gasteiger charge is 2.14. The van der Waals surface area contributed by atoms with E-state index in [-0.39, 0.29) is 6.61 Å². The normalized spacial score (nSPS) is 12.1. The van der Waals surface area contributed by atoms with Gasteiger partial charge in [0.05, 0.1) is 18.2 Å². The van der Waals surface area contributed by atoms with Gasteiger partial charge in [-0.05, 0) is 36.8 Å². The van der Waals surface area contributed by atoms with Crippen molar-refractivity contribution >= 4 is 34.8 Å². The van der Waals surface area contributed by atoms with Gasteiger partial charge >= 0.3 is 0 Å². The molecule has 2 aromatic rings. The van der Waals surface area contributed by atoms with Crippen molar-refractivity contribution in [3.63, 3.8) is 0 Å². The molecule has 0 radical (unpaired) electrons. The minimum atomic E-state index is -0.416. The van der Waals surface area contributed by atoms with Crippen molar-refractivity contribution in [1.29, 1.82) is 0 Å². The van der Waals surface area contributed by atoms with E-state index in [0.29, 0.717) is 45.2 Å². The number of hydrogen-bond acceptors (Lipinski definition) is 4. The number of hydrogen-bond donors (Lipinski definition) is 2. The molecule has 25 heavy (non-hydrogen) atoms. The van der Waals surface area contributed by atoms with Crippen molar-refractivity contribution in [3.05, 3.63) is 56.5 Å². The van der Waals surface area contributed by atoms with Crippen molar-refractivity contribution in [2.24, 2.45) is 0 Å². The summed E-state index contributed by atoms with van der Waals surface area (Å²) in [5.41, 5.74) is 1.61. The zero-order valence-electron chi connectivity index (χ0n) is 14.0. The van der Waals surface area contributed by atoms with Crippen LogP contribution in [-0.2, 0) is 13.2 Å². The molecule has 0 aliphatic heterocycles. The minimum Gasteiger partial charge on any atom is -0.493 e. The van der Waals surface area contributed by atoms with E-state index >= 15 is 0 Å². The number of aliphatic hydroxyl groups is 1. The highest BCUT2D eigenvalue weighted by molar-refractivity contribution is 6.36. The molecule has 7 heteroatoms. The fourth-order valence-electron chi connectivity index (χ4n) is 2.26. The van der Waals surface area contributed by atoms with Gasteiger partial charge in [0.15, 0.2) is 11.5 Å². The second-order valence-corrected chi connectivity index (χ2v) is 6.80. The van der Waals surface area contributed by atoms with Crippen LogP contribution < -0.4 is 14.8 Å². The van der Waals surface area contributed by atoms with Gasteiger partial charge in [-0.25, -0.2) is 0 Å². The lowest BCUT2D eigenvalue weighted by Gasteiger charge is -2.16. The first-order chi connectivity index (χ1) is 11.9. The standard InChI is InChI=1S/C18H20Cl3NO3/c1-11(23)8-22-9-12-6-16(21)18(17(7-12)24-2)25-10-13-14(19)4-3-5-15(13)20/h3-7,11,22-23H,8-10H2,1-2H3. The molecule has 0 saturated heterocycles. The third-order valence-electron chi connectivity index (χ3n) is 3.48. The molecule has 0 aromatic heterocycles. The average Bonchev–Trinajstić information content (AvgIpc) is 2.55. The first-order valence-corrected chi connectivity index (χ1v) is 8.86. The van der Waals surface area contributed by atoms with E-state index in [4.69, 9.17) is 44.3 Å². The van der Waals surface area contributed by atoms with Gasteiger partial charge in [0, 0.05) is 28.7 Å². The summed E-state index contributed by atoms with van der Waals surface area (Å²) >= 11 is 18.7. The summed E-state index contributed by atoms with van der Waals surface area (Å²) in [6.07, 6.45) is -0.416. The summed E-state index contributed by atoms with van der Waals surface area (Å²) in [6, 6.07) is 8.91. The van der Waals surface area contributed by atoms with Gasteiger partial charge < -0.3 is 19.9 Å². The van der Waals surface area contributed by atoms with Crippen LogP contribution in [0.4, 0.5) is 0 Å². The number of benzene rings is 2. The lowest BCUT2D eigenvalue weighted by atomic mass is 10.2. The van der Waals surface area contributed by atoms with Crippen LogP contribution in [0.2, 0.25) is 15.1 Å². The molecule has 0 spiro atoms. The molecule has 2 aromatic carbocycles. The molecule has 1 unspecified atom stereocenters. The maximum atomic E-state index is 9.30. The first-order valence-electron chi connectivity index (χ1n) is 7.73. The fraction of sp³-hybridized carbons (Fsp3) is 0.333. The molecule has 2 N–H and O–H groups in total. The van der Waals surface area contributed by atoms with Gasteiger partial charge in [-0.15, -0.1) is 0 Å². The second-order valence-electron chi connectivity index (χ2n) is 5.58. The lowest BCUT2D eigenvalue weighted by molar-refractivity contribution is 0.191. The molecule has 0 amide bonds. The Bertz CT molecular complexity index is 703. The molecule has 2 rings (SSSR count). The van der Waals surface area contributed by atoms with Gasteiger partial charge in [-0.2, -0.15) is 0 Å². The molecule has 0 saturated carbocycles. The summed E-state index contributed by atoms with van der Waals surface area (Å²) in [4.78, 5) is 0. The Morgan fingerprint density at radius 3 is 2.40 bits per heavy atom. The topological polar surface area (TPSA) is 50.7 Å². The van der Waals surface area contributed by atoms with Crippen LogP contribution >= 0.6 is 34.8 Å². The van der Waals surface area contributed by atoms with Gasteiger partial charge in [0.25, 0.3) is 0 Å². The molecule has 0 fully saturated rings. The largest absolute Gasteiger partial charge is 0.493 e. The van der Waals surface area contributed by atoms with Crippen molar-refractivity contribution in [2.45, 2.75) is 26.2 Å². The Morgan fingerprint density at radius 1 is 1.12 bits per heavy atom. The summed E-state index contributed by atoms with van der Waals surface area (Å²) in [6.45, 7) is 2.94. The van der Waals surface area contributed by atoms with E-state index < -0.39 is 6.10 Å². The lowest BCUT2D eigenvalue weighted by Crippen LogP contribution is -2.23. The smallest absolute Gasteiger partial charge is 0.180 e. The van der Waals surface area contributed by atoms with Gasteiger partial charge in [-0.3, -0.25) is 0 Å². The van der Waals surface area contributed by atoms with E-state index in [1.807, 2.05) is 6.07 Å². The van der Waals surface area contributed by atoms with E-state index in [1.54, 1.807) is 38.3 Å². The molecule has 136 valence electrons. The van der Waals surface area contributed by atoms with Crippen molar-refractivity contribution in [1.82, 2.24) is 5.32 Å². The maximum absolute atomic E-state index is 9.30. The van der Waals surface area contributed by atoms with Crippen LogP contribution in [0.15, 0.2) is 30.3 Å². The van der Waals surface area contributed by atoms with Crippen molar-refractivity contribution in [3.8, 4) is 11.5 Å². The van der Waals surface area contributed by atoms with Crippen LogP contribution in [0.25, 0.3) is 0 Å². The molecular formula is C18H20Cl3NO3. The zero-order valence-corrected chi connectivity index (χ0v) is 16.3. The minimum absolute atomic E-state index is 0.175. The van der Waals surface area contributed by atoms with Gasteiger partial charge in [-0.1, -0.05) is 40.9 Å². The summed E-state index contributed by atoms with van der Waals surface area (Å²) in [5, 5.41) is 13.9. The number of methoxy groups -OCH3 is 1. The number of halogens is 3. The number of nitrogens with one attached hydrogen (secondary N) is 1.